The van der Waals surface area contributed by atoms with Crippen molar-refractivity contribution in [3.05, 3.63) is 42.2 Å². The van der Waals surface area contributed by atoms with Gasteiger partial charge in [0.15, 0.2) is 0 Å². The number of rotatable bonds is 6. The first-order chi connectivity index (χ1) is 11.0. The predicted octanol–water partition coefficient (Wildman–Crippen LogP) is 2.73. The van der Waals surface area contributed by atoms with E-state index in [2.05, 4.69) is 26.7 Å². The zero-order valence-corrected chi connectivity index (χ0v) is 13.8. The number of aromatic amines is 1. The summed E-state index contributed by atoms with van der Waals surface area (Å²) in [7, 11) is 0. The lowest BCUT2D eigenvalue weighted by Crippen LogP contribution is -2.32. The molecule has 0 unspecified atom stereocenters. The fourth-order valence-corrected chi connectivity index (χ4v) is 2.07. The van der Waals surface area contributed by atoms with Crippen LogP contribution in [0.3, 0.4) is 0 Å². The number of fused-ring (bicyclic) bond motifs is 1. The van der Waals surface area contributed by atoms with Gasteiger partial charge in [-0.15, -0.1) is 0 Å². The van der Waals surface area contributed by atoms with Gasteiger partial charge in [0, 0.05) is 37.4 Å². The summed E-state index contributed by atoms with van der Waals surface area (Å²) < 4.78 is 5.15. The molecule has 6 heteroatoms. The van der Waals surface area contributed by atoms with E-state index in [1.54, 1.807) is 6.20 Å². The molecule has 0 fully saturated rings. The van der Waals surface area contributed by atoms with Crippen LogP contribution >= 0.6 is 0 Å². The lowest BCUT2D eigenvalue weighted by atomic mass is 10.2. The third kappa shape index (κ3) is 5.75. The average molecular weight is 316 g/mol. The van der Waals surface area contributed by atoms with Crippen molar-refractivity contribution in [3.8, 4) is 0 Å². The van der Waals surface area contributed by atoms with Crippen LogP contribution in [-0.4, -0.2) is 34.8 Å². The summed E-state index contributed by atoms with van der Waals surface area (Å²) in [5.41, 5.74) is 1.62. The molecule has 124 valence electrons. The number of ether oxygens (including phenoxy) is 1. The van der Waals surface area contributed by atoms with E-state index in [9.17, 15) is 4.79 Å². The van der Waals surface area contributed by atoms with Crippen LogP contribution in [0.2, 0.25) is 0 Å². The summed E-state index contributed by atoms with van der Waals surface area (Å²) in [6, 6.07) is 3.98. The van der Waals surface area contributed by atoms with E-state index in [1.807, 2.05) is 45.2 Å². The molecule has 0 aliphatic carbocycles. The second-order valence-corrected chi connectivity index (χ2v) is 6.20. The molecule has 0 saturated heterocycles. The molecule has 1 amide bonds. The second-order valence-electron chi connectivity index (χ2n) is 6.20. The van der Waals surface area contributed by atoms with Gasteiger partial charge in [-0.2, -0.15) is 0 Å². The van der Waals surface area contributed by atoms with Crippen LogP contribution in [0, 0.1) is 0 Å². The number of nitrogens with zero attached hydrogens (tertiary/aromatic N) is 1. The van der Waals surface area contributed by atoms with Crippen molar-refractivity contribution >= 4 is 17.1 Å². The first-order valence-electron chi connectivity index (χ1n) is 7.69. The third-order valence-electron chi connectivity index (χ3n) is 3.04. The Morgan fingerprint density at radius 1 is 1.35 bits per heavy atom. The van der Waals surface area contributed by atoms with Gasteiger partial charge in [0.1, 0.15) is 11.2 Å². The van der Waals surface area contributed by atoms with Crippen molar-refractivity contribution in [1.29, 1.82) is 0 Å². The van der Waals surface area contributed by atoms with E-state index in [0.717, 1.165) is 24.1 Å². The highest BCUT2D eigenvalue weighted by molar-refractivity contribution is 5.79. The minimum atomic E-state index is -0.469. The molecule has 3 N–H and O–H groups in total. The number of hydrogen-bond acceptors (Lipinski definition) is 4. The normalized spacial score (nSPS) is 12.0. The Bertz CT molecular complexity index is 671. The lowest BCUT2D eigenvalue weighted by Gasteiger charge is -2.19. The smallest absolute Gasteiger partial charge is 0.407 e. The summed E-state index contributed by atoms with van der Waals surface area (Å²) in [6.07, 6.45) is 7.22. The summed E-state index contributed by atoms with van der Waals surface area (Å²) in [6.45, 7) is 7.46. The number of pyridine rings is 1. The standard InChI is InChI=1S/C17H24N4O2/c1-17(2,3)23-16(22)20-9-5-4-8-18-11-13-12-21-15-14(13)7-6-10-19-15/h4-7,10,12,18H,8-9,11H2,1-3H3,(H,19,21)(H,20,22)/b5-4+. The number of alkyl carbamates (subject to hydrolysis) is 1. The lowest BCUT2D eigenvalue weighted by molar-refractivity contribution is 0.0534. The molecule has 2 aromatic heterocycles. The van der Waals surface area contributed by atoms with Crippen LogP contribution in [0.5, 0.6) is 0 Å². The third-order valence-corrected chi connectivity index (χ3v) is 3.04. The molecule has 0 saturated carbocycles. The van der Waals surface area contributed by atoms with Crippen molar-refractivity contribution in [1.82, 2.24) is 20.6 Å². The Morgan fingerprint density at radius 3 is 2.91 bits per heavy atom. The molecule has 0 radical (unpaired) electrons. The number of hydrogen-bond donors (Lipinski definition) is 3. The fraction of sp³-hybridized carbons (Fsp3) is 0.412. The molecule has 0 aromatic carbocycles. The fourth-order valence-electron chi connectivity index (χ4n) is 2.07. The Balaban J connectivity index is 1.65. The van der Waals surface area contributed by atoms with Gasteiger partial charge >= 0.3 is 6.09 Å². The first-order valence-corrected chi connectivity index (χ1v) is 7.69. The Morgan fingerprint density at radius 2 is 2.13 bits per heavy atom. The van der Waals surface area contributed by atoms with Gasteiger partial charge in [0.2, 0.25) is 0 Å². The van der Waals surface area contributed by atoms with Crippen molar-refractivity contribution < 1.29 is 9.53 Å². The van der Waals surface area contributed by atoms with Crippen molar-refractivity contribution in [3.63, 3.8) is 0 Å². The topological polar surface area (TPSA) is 79.0 Å². The predicted molar refractivity (Wildman–Crippen MR) is 91.2 cm³/mol. The molecule has 2 heterocycles. The minimum Gasteiger partial charge on any atom is -0.444 e. The highest BCUT2D eigenvalue weighted by Crippen LogP contribution is 2.14. The molecule has 0 bridgehead atoms. The Labute approximate surface area is 136 Å². The van der Waals surface area contributed by atoms with Crippen LogP contribution in [0.25, 0.3) is 11.0 Å². The van der Waals surface area contributed by atoms with E-state index in [0.29, 0.717) is 6.54 Å². The van der Waals surface area contributed by atoms with E-state index in [4.69, 9.17) is 4.74 Å². The van der Waals surface area contributed by atoms with Crippen LogP contribution in [-0.2, 0) is 11.3 Å². The van der Waals surface area contributed by atoms with Gasteiger partial charge in [-0.25, -0.2) is 9.78 Å². The zero-order chi connectivity index (χ0) is 16.7. The molecule has 0 aliphatic heterocycles. The number of H-pyrrole nitrogens is 1. The SMILES string of the molecule is CC(C)(C)OC(=O)NC/C=C/CNCc1c[nH]c2ncccc12. The Kier molecular flexibility index (Phi) is 5.76. The molecule has 6 nitrogen and oxygen atoms in total. The zero-order valence-electron chi connectivity index (χ0n) is 13.8. The highest BCUT2D eigenvalue weighted by Gasteiger charge is 2.14. The van der Waals surface area contributed by atoms with Crippen LogP contribution < -0.4 is 10.6 Å². The van der Waals surface area contributed by atoms with Gasteiger partial charge in [0.05, 0.1) is 0 Å². The van der Waals surface area contributed by atoms with E-state index in [1.165, 1.54) is 5.56 Å². The van der Waals surface area contributed by atoms with Gasteiger partial charge in [0.25, 0.3) is 0 Å². The summed E-state index contributed by atoms with van der Waals surface area (Å²) in [5.74, 6) is 0. The minimum absolute atomic E-state index is 0.401. The number of nitrogens with one attached hydrogen (secondary N) is 3. The summed E-state index contributed by atoms with van der Waals surface area (Å²) in [5, 5.41) is 7.14. The van der Waals surface area contributed by atoms with Gasteiger partial charge in [-0.05, 0) is 38.5 Å². The van der Waals surface area contributed by atoms with Gasteiger partial charge in [-0.3, -0.25) is 0 Å². The average Bonchev–Trinajstić information content (AvgIpc) is 2.88. The summed E-state index contributed by atoms with van der Waals surface area (Å²) >= 11 is 0. The van der Waals surface area contributed by atoms with E-state index in [-0.39, 0.29) is 0 Å². The molecule has 0 spiro atoms. The number of aromatic nitrogens is 2. The molecule has 0 aliphatic rings. The maximum atomic E-state index is 11.4. The van der Waals surface area contributed by atoms with Gasteiger partial charge < -0.3 is 20.4 Å². The first kappa shape index (κ1) is 17.0. The maximum absolute atomic E-state index is 11.4. The van der Waals surface area contributed by atoms with Crippen LogP contribution in [0.4, 0.5) is 4.79 Å². The molecule has 0 atom stereocenters. The summed E-state index contributed by atoms with van der Waals surface area (Å²) in [4.78, 5) is 18.8. The number of carbonyl (C=O) groups excluding carboxylic acids is 1. The number of carbonyl (C=O) groups is 1. The van der Waals surface area contributed by atoms with Crippen molar-refractivity contribution in [2.75, 3.05) is 13.1 Å². The molecule has 2 aromatic rings. The largest absolute Gasteiger partial charge is 0.444 e. The number of amides is 1. The monoisotopic (exact) mass is 316 g/mol. The maximum Gasteiger partial charge on any atom is 0.407 e. The van der Waals surface area contributed by atoms with Crippen molar-refractivity contribution in [2.45, 2.75) is 32.9 Å². The molecule has 2 rings (SSSR count). The molecular formula is C17H24N4O2. The van der Waals surface area contributed by atoms with Crippen LogP contribution in [0.15, 0.2) is 36.7 Å². The van der Waals surface area contributed by atoms with Crippen molar-refractivity contribution in [2.24, 2.45) is 0 Å². The molecular weight excluding hydrogens is 292 g/mol. The second kappa shape index (κ2) is 7.78. The Hall–Kier alpha value is -2.34. The van der Waals surface area contributed by atoms with Crippen LogP contribution in [0.1, 0.15) is 26.3 Å². The quantitative estimate of drug-likeness (QED) is 0.565. The molecule has 23 heavy (non-hydrogen) atoms. The highest BCUT2D eigenvalue weighted by atomic mass is 16.6. The van der Waals surface area contributed by atoms with E-state index < -0.39 is 11.7 Å². The van der Waals surface area contributed by atoms with Gasteiger partial charge in [-0.1, -0.05) is 12.2 Å². The van der Waals surface area contributed by atoms with E-state index >= 15 is 0 Å².